The summed E-state index contributed by atoms with van der Waals surface area (Å²) in [6.07, 6.45) is 0.277. The topological polar surface area (TPSA) is 86.8 Å². The van der Waals surface area contributed by atoms with Crippen LogP contribution in [0.2, 0.25) is 0 Å². The number of amides is 2. The molecule has 0 saturated heterocycles. The molecule has 8 heteroatoms. The Hall–Kier alpha value is -4.43. The molecule has 0 spiro atoms. The SMILES string of the molecule is Cc1ccccc1N(CC(=O)N(Cc1ccccc1)[C@@H](Cc1ccccc1)C(=O)NCC(C)C)S(=O)(=O)c1ccccc1. The first-order valence-electron chi connectivity index (χ1n) is 14.4. The number of anilines is 1. The lowest BCUT2D eigenvalue weighted by molar-refractivity contribution is -0.140. The predicted octanol–water partition coefficient (Wildman–Crippen LogP) is 5.60. The summed E-state index contributed by atoms with van der Waals surface area (Å²) in [6.45, 7) is 5.94. The van der Waals surface area contributed by atoms with Gasteiger partial charge < -0.3 is 10.2 Å². The third-order valence-electron chi connectivity index (χ3n) is 7.15. The Bertz CT molecular complexity index is 1590. The number of para-hydroxylation sites is 1. The zero-order valence-electron chi connectivity index (χ0n) is 24.9. The molecular formula is C35H39N3O4S. The molecule has 224 valence electrons. The highest BCUT2D eigenvalue weighted by molar-refractivity contribution is 7.92. The van der Waals surface area contributed by atoms with Gasteiger partial charge in [-0.2, -0.15) is 0 Å². The molecule has 2 amide bonds. The fourth-order valence-electron chi connectivity index (χ4n) is 4.83. The van der Waals surface area contributed by atoms with Gasteiger partial charge >= 0.3 is 0 Å². The monoisotopic (exact) mass is 597 g/mol. The molecule has 7 nitrogen and oxygen atoms in total. The molecule has 43 heavy (non-hydrogen) atoms. The van der Waals surface area contributed by atoms with Gasteiger partial charge in [0.25, 0.3) is 10.0 Å². The normalized spacial score (nSPS) is 12.0. The molecule has 0 aliphatic rings. The molecule has 0 aliphatic carbocycles. The van der Waals surface area contributed by atoms with E-state index in [1.807, 2.05) is 93.6 Å². The zero-order chi connectivity index (χ0) is 30.8. The van der Waals surface area contributed by atoms with E-state index in [2.05, 4.69) is 5.32 Å². The van der Waals surface area contributed by atoms with Crippen molar-refractivity contribution in [1.29, 1.82) is 0 Å². The van der Waals surface area contributed by atoms with E-state index >= 15 is 0 Å². The molecule has 0 heterocycles. The molecule has 0 bridgehead atoms. The Morgan fingerprint density at radius 2 is 1.28 bits per heavy atom. The van der Waals surface area contributed by atoms with Crippen LogP contribution in [0.15, 0.2) is 120 Å². The van der Waals surface area contributed by atoms with Crippen LogP contribution < -0.4 is 9.62 Å². The molecule has 1 N–H and O–H groups in total. The van der Waals surface area contributed by atoms with E-state index in [0.29, 0.717) is 17.8 Å². The van der Waals surface area contributed by atoms with Crippen LogP contribution in [0, 0.1) is 12.8 Å². The average molecular weight is 598 g/mol. The van der Waals surface area contributed by atoms with Gasteiger partial charge in [0.05, 0.1) is 10.6 Å². The van der Waals surface area contributed by atoms with E-state index in [4.69, 9.17) is 0 Å². The van der Waals surface area contributed by atoms with Crippen molar-refractivity contribution in [2.24, 2.45) is 5.92 Å². The maximum atomic E-state index is 14.4. The Morgan fingerprint density at radius 1 is 0.744 bits per heavy atom. The molecule has 0 aromatic heterocycles. The van der Waals surface area contributed by atoms with Crippen LogP contribution >= 0.6 is 0 Å². The van der Waals surface area contributed by atoms with Crippen LogP contribution in [-0.2, 0) is 32.6 Å². The van der Waals surface area contributed by atoms with Crippen molar-refractivity contribution in [3.8, 4) is 0 Å². The zero-order valence-corrected chi connectivity index (χ0v) is 25.7. The van der Waals surface area contributed by atoms with Gasteiger partial charge in [-0.25, -0.2) is 8.42 Å². The number of aryl methyl sites for hydroxylation is 1. The van der Waals surface area contributed by atoms with E-state index < -0.39 is 28.5 Å². The second-order valence-corrected chi connectivity index (χ2v) is 12.8. The highest BCUT2D eigenvalue weighted by Gasteiger charge is 2.35. The molecule has 4 aromatic carbocycles. The quantitative estimate of drug-likeness (QED) is 0.217. The summed E-state index contributed by atoms with van der Waals surface area (Å²) in [5, 5.41) is 3.01. The summed E-state index contributed by atoms with van der Waals surface area (Å²) in [5.41, 5.74) is 2.84. The summed E-state index contributed by atoms with van der Waals surface area (Å²) < 4.78 is 29.3. The lowest BCUT2D eigenvalue weighted by Gasteiger charge is -2.34. The van der Waals surface area contributed by atoms with Gasteiger partial charge in [0.15, 0.2) is 0 Å². The fraction of sp³-hybridized carbons (Fsp3) is 0.257. The summed E-state index contributed by atoms with van der Waals surface area (Å²) >= 11 is 0. The van der Waals surface area contributed by atoms with Gasteiger partial charge in [0.1, 0.15) is 12.6 Å². The molecule has 1 atom stereocenters. The Kier molecular flexibility index (Phi) is 10.7. The molecule has 0 aliphatic heterocycles. The van der Waals surface area contributed by atoms with Crippen molar-refractivity contribution in [2.75, 3.05) is 17.4 Å². The van der Waals surface area contributed by atoms with Crippen molar-refractivity contribution in [3.05, 3.63) is 132 Å². The number of hydrogen-bond acceptors (Lipinski definition) is 4. The first-order chi connectivity index (χ1) is 20.7. The van der Waals surface area contributed by atoms with E-state index in [1.165, 1.54) is 17.0 Å². The van der Waals surface area contributed by atoms with E-state index in [0.717, 1.165) is 15.4 Å². The number of carbonyl (C=O) groups excluding carboxylic acids is 2. The van der Waals surface area contributed by atoms with Gasteiger partial charge in [0.2, 0.25) is 11.8 Å². The van der Waals surface area contributed by atoms with Crippen LogP contribution in [0.5, 0.6) is 0 Å². The molecule has 0 fully saturated rings. The number of hydrogen-bond donors (Lipinski definition) is 1. The van der Waals surface area contributed by atoms with Crippen LogP contribution in [0.3, 0.4) is 0 Å². The van der Waals surface area contributed by atoms with Crippen LogP contribution in [-0.4, -0.2) is 44.3 Å². The van der Waals surface area contributed by atoms with Crippen LogP contribution in [0.4, 0.5) is 5.69 Å². The minimum absolute atomic E-state index is 0.0798. The van der Waals surface area contributed by atoms with Crippen LogP contribution in [0.1, 0.15) is 30.5 Å². The molecule has 0 unspecified atom stereocenters. The van der Waals surface area contributed by atoms with E-state index in [9.17, 15) is 18.0 Å². The third-order valence-corrected chi connectivity index (χ3v) is 8.92. The number of sulfonamides is 1. The maximum absolute atomic E-state index is 14.4. The Balaban J connectivity index is 1.78. The average Bonchev–Trinajstić information content (AvgIpc) is 3.02. The largest absolute Gasteiger partial charge is 0.354 e. The second-order valence-electron chi connectivity index (χ2n) is 11.0. The van der Waals surface area contributed by atoms with Crippen molar-refractivity contribution in [1.82, 2.24) is 10.2 Å². The fourth-order valence-corrected chi connectivity index (χ4v) is 6.33. The number of nitrogens with zero attached hydrogens (tertiary/aromatic N) is 2. The molecule has 4 aromatic rings. The smallest absolute Gasteiger partial charge is 0.264 e. The molecule has 0 saturated carbocycles. The van der Waals surface area contributed by atoms with Gasteiger partial charge in [-0.1, -0.05) is 111 Å². The first-order valence-corrected chi connectivity index (χ1v) is 15.9. The van der Waals surface area contributed by atoms with Gasteiger partial charge in [-0.15, -0.1) is 0 Å². The van der Waals surface area contributed by atoms with Crippen LogP contribution in [0.25, 0.3) is 0 Å². The van der Waals surface area contributed by atoms with Crippen molar-refractivity contribution in [2.45, 2.75) is 44.7 Å². The van der Waals surface area contributed by atoms with E-state index in [-0.39, 0.29) is 29.7 Å². The summed E-state index contributed by atoms with van der Waals surface area (Å²) in [4.78, 5) is 29.8. The predicted molar refractivity (Wildman–Crippen MR) is 171 cm³/mol. The standard InChI is InChI=1S/C35H39N3O4S/c1-27(2)24-36-35(40)33(23-29-16-7-4-8-17-29)37(25-30-18-9-5-10-19-30)34(39)26-38(32-22-14-13-15-28(32)3)43(41,42)31-20-11-6-12-21-31/h4-22,27,33H,23-26H2,1-3H3,(H,36,40)/t33-/m0/s1. The van der Waals surface area contributed by atoms with Crippen molar-refractivity contribution >= 4 is 27.5 Å². The number of nitrogens with one attached hydrogen (secondary N) is 1. The van der Waals surface area contributed by atoms with Crippen molar-refractivity contribution in [3.63, 3.8) is 0 Å². The number of rotatable bonds is 13. The molecule has 4 rings (SSSR count). The van der Waals surface area contributed by atoms with Gasteiger partial charge in [-0.3, -0.25) is 13.9 Å². The molecular weight excluding hydrogens is 558 g/mol. The molecule has 0 radical (unpaired) electrons. The van der Waals surface area contributed by atoms with Gasteiger partial charge in [0, 0.05) is 19.5 Å². The van der Waals surface area contributed by atoms with E-state index in [1.54, 1.807) is 30.3 Å². The minimum atomic E-state index is -4.12. The maximum Gasteiger partial charge on any atom is 0.264 e. The highest BCUT2D eigenvalue weighted by atomic mass is 32.2. The van der Waals surface area contributed by atoms with Crippen molar-refractivity contribution < 1.29 is 18.0 Å². The van der Waals surface area contributed by atoms with Gasteiger partial charge in [-0.05, 0) is 47.7 Å². The minimum Gasteiger partial charge on any atom is -0.354 e. The number of benzene rings is 4. The second kappa shape index (κ2) is 14.6. The first kappa shape index (κ1) is 31.5. The lowest BCUT2D eigenvalue weighted by Crippen LogP contribution is -2.53. The third kappa shape index (κ3) is 8.32. The highest BCUT2D eigenvalue weighted by Crippen LogP contribution is 2.27. The Morgan fingerprint density at radius 3 is 1.86 bits per heavy atom. The number of carbonyl (C=O) groups is 2. The summed E-state index contributed by atoms with van der Waals surface area (Å²) in [6, 6.07) is 33.3. The Labute approximate surface area is 255 Å². The lowest BCUT2D eigenvalue weighted by atomic mass is 10.0. The summed E-state index contributed by atoms with van der Waals surface area (Å²) in [5.74, 6) is -0.547. The summed E-state index contributed by atoms with van der Waals surface area (Å²) in [7, 11) is -4.12.